The van der Waals surface area contributed by atoms with E-state index in [9.17, 15) is 0 Å². The summed E-state index contributed by atoms with van der Waals surface area (Å²) < 4.78 is 5.25. The average Bonchev–Trinajstić information content (AvgIpc) is 2.16. The molecule has 0 amide bonds. The summed E-state index contributed by atoms with van der Waals surface area (Å²) >= 11 is 0. The van der Waals surface area contributed by atoms with Crippen LogP contribution in [0.25, 0.3) is 0 Å². The molecule has 0 fully saturated rings. The van der Waals surface area contributed by atoms with E-state index < -0.39 is 0 Å². The predicted molar refractivity (Wildman–Crippen MR) is 54.9 cm³/mol. The maximum atomic E-state index is 5.25. The summed E-state index contributed by atoms with van der Waals surface area (Å²) in [4.78, 5) is 0. The molecule has 1 rings (SSSR count). The number of aryl methyl sites for hydroxylation is 2. The van der Waals surface area contributed by atoms with Gasteiger partial charge in [0.1, 0.15) is 5.75 Å². The molecule has 0 atom stereocenters. The number of methoxy groups -OCH3 is 1. The van der Waals surface area contributed by atoms with Gasteiger partial charge in [-0.15, -0.1) is 12.3 Å². The zero-order valence-electron chi connectivity index (χ0n) is 8.13. The molecule has 0 aliphatic heterocycles. The van der Waals surface area contributed by atoms with Crippen LogP contribution in [0.5, 0.6) is 5.75 Å². The summed E-state index contributed by atoms with van der Waals surface area (Å²) in [5, 5.41) is 0. The van der Waals surface area contributed by atoms with Crippen LogP contribution >= 0.6 is 0 Å². The van der Waals surface area contributed by atoms with E-state index in [0.29, 0.717) is 0 Å². The first-order valence-electron chi connectivity index (χ1n) is 4.35. The molecule has 0 aliphatic rings. The SMILES string of the molecule is C#CCCc1ccc(C)cc1OC. The highest BCUT2D eigenvalue weighted by Crippen LogP contribution is 2.20. The van der Waals surface area contributed by atoms with Gasteiger partial charge in [-0.05, 0) is 30.5 Å². The Bertz CT molecular complexity index is 320. The van der Waals surface area contributed by atoms with Crippen molar-refractivity contribution in [1.82, 2.24) is 0 Å². The Morgan fingerprint density at radius 2 is 2.23 bits per heavy atom. The third-order valence-electron chi connectivity index (χ3n) is 1.98. The normalized spacial score (nSPS) is 9.31. The van der Waals surface area contributed by atoms with Gasteiger partial charge in [-0.3, -0.25) is 0 Å². The number of benzene rings is 1. The molecule has 0 N–H and O–H groups in total. The van der Waals surface area contributed by atoms with Gasteiger partial charge in [-0.2, -0.15) is 0 Å². The molecule has 0 saturated carbocycles. The van der Waals surface area contributed by atoms with Crippen LogP contribution in [-0.2, 0) is 6.42 Å². The van der Waals surface area contributed by atoms with Crippen molar-refractivity contribution in [1.29, 1.82) is 0 Å². The number of hydrogen-bond acceptors (Lipinski definition) is 1. The molecule has 0 spiro atoms. The molecule has 0 bridgehead atoms. The van der Waals surface area contributed by atoms with E-state index in [-0.39, 0.29) is 0 Å². The third-order valence-corrected chi connectivity index (χ3v) is 1.98. The maximum Gasteiger partial charge on any atom is 0.122 e. The summed E-state index contributed by atoms with van der Waals surface area (Å²) in [6.07, 6.45) is 6.86. The molecule has 0 aliphatic carbocycles. The molecule has 68 valence electrons. The smallest absolute Gasteiger partial charge is 0.122 e. The highest BCUT2D eigenvalue weighted by atomic mass is 16.5. The molecule has 0 heterocycles. The van der Waals surface area contributed by atoms with Crippen LogP contribution in [0.4, 0.5) is 0 Å². The fourth-order valence-electron chi connectivity index (χ4n) is 1.27. The van der Waals surface area contributed by atoms with Crippen LogP contribution in [0.1, 0.15) is 17.5 Å². The third kappa shape index (κ3) is 2.52. The van der Waals surface area contributed by atoms with Crippen molar-refractivity contribution in [3.05, 3.63) is 29.3 Å². The van der Waals surface area contributed by atoms with Gasteiger partial charge in [0.2, 0.25) is 0 Å². The van der Waals surface area contributed by atoms with E-state index in [1.165, 1.54) is 11.1 Å². The second-order valence-electron chi connectivity index (χ2n) is 3.02. The minimum absolute atomic E-state index is 0.763. The Morgan fingerprint density at radius 3 is 2.85 bits per heavy atom. The van der Waals surface area contributed by atoms with E-state index >= 15 is 0 Å². The Kier molecular flexibility index (Phi) is 3.40. The molecule has 0 unspecified atom stereocenters. The molecule has 0 radical (unpaired) electrons. The molecule has 0 saturated heterocycles. The van der Waals surface area contributed by atoms with Crippen molar-refractivity contribution in [3.8, 4) is 18.1 Å². The van der Waals surface area contributed by atoms with Crippen molar-refractivity contribution in [2.45, 2.75) is 19.8 Å². The minimum atomic E-state index is 0.763. The topological polar surface area (TPSA) is 9.23 Å². The largest absolute Gasteiger partial charge is 0.496 e. The van der Waals surface area contributed by atoms with E-state index in [0.717, 1.165) is 18.6 Å². The van der Waals surface area contributed by atoms with Gasteiger partial charge in [0.05, 0.1) is 7.11 Å². The lowest BCUT2D eigenvalue weighted by atomic mass is 10.1. The van der Waals surface area contributed by atoms with Gasteiger partial charge in [0.15, 0.2) is 0 Å². The number of hydrogen-bond donors (Lipinski definition) is 0. The van der Waals surface area contributed by atoms with Crippen molar-refractivity contribution >= 4 is 0 Å². The van der Waals surface area contributed by atoms with Crippen molar-refractivity contribution in [2.24, 2.45) is 0 Å². The Morgan fingerprint density at radius 1 is 1.46 bits per heavy atom. The van der Waals surface area contributed by atoms with Crippen LogP contribution in [0.15, 0.2) is 18.2 Å². The van der Waals surface area contributed by atoms with Gasteiger partial charge in [-0.25, -0.2) is 0 Å². The molecule has 1 nitrogen and oxygen atoms in total. The summed E-state index contributed by atoms with van der Waals surface area (Å²) in [5.41, 5.74) is 2.40. The average molecular weight is 174 g/mol. The van der Waals surface area contributed by atoms with Crippen LogP contribution in [0.3, 0.4) is 0 Å². The van der Waals surface area contributed by atoms with Crippen LogP contribution in [0, 0.1) is 19.3 Å². The molecule has 1 heteroatoms. The van der Waals surface area contributed by atoms with Crippen LogP contribution < -0.4 is 4.74 Å². The van der Waals surface area contributed by atoms with Crippen molar-refractivity contribution < 1.29 is 4.74 Å². The quantitative estimate of drug-likeness (QED) is 0.640. The standard InChI is InChI=1S/C12H14O/c1-4-5-6-11-8-7-10(2)9-12(11)13-3/h1,7-9H,5-6H2,2-3H3. The Hall–Kier alpha value is -1.42. The van der Waals surface area contributed by atoms with E-state index in [1.807, 2.05) is 13.0 Å². The lowest BCUT2D eigenvalue weighted by Gasteiger charge is -2.07. The number of terminal acetylenes is 1. The first-order chi connectivity index (χ1) is 6.27. The van der Waals surface area contributed by atoms with Crippen molar-refractivity contribution in [3.63, 3.8) is 0 Å². The summed E-state index contributed by atoms with van der Waals surface area (Å²) in [6.45, 7) is 2.05. The van der Waals surface area contributed by atoms with Crippen LogP contribution in [0.2, 0.25) is 0 Å². The summed E-state index contributed by atoms with van der Waals surface area (Å²) in [6, 6.07) is 6.19. The first kappa shape index (κ1) is 9.67. The molecular weight excluding hydrogens is 160 g/mol. The van der Waals surface area contributed by atoms with Gasteiger partial charge in [0, 0.05) is 6.42 Å². The second kappa shape index (κ2) is 4.57. The second-order valence-corrected chi connectivity index (χ2v) is 3.02. The first-order valence-corrected chi connectivity index (χ1v) is 4.35. The molecule has 13 heavy (non-hydrogen) atoms. The van der Waals surface area contributed by atoms with Gasteiger partial charge >= 0.3 is 0 Å². The van der Waals surface area contributed by atoms with E-state index in [1.54, 1.807) is 7.11 Å². The highest BCUT2D eigenvalue weighted by Gasteiger charge is 2.01. The lowest BCUT2D eigenvalue weighted by molar-refractivity contribution is 0.409. The van der Waals surface area contributed by atoms with Crippen molar-refractivity contribution in [2.75, 3.05) is 7.11 Å². The monoisotopic (exact) mass is 174 g/mol. The Labute approximate surface area is 79.7 Å². The maximum absolute atomic E-state index is 5.25. The Balaban J connectivity index is 2.87. The molecule has 1 aromatic carbocycles. The molecular formula is C12H14O. The lowest BCUT2D eigenvalue weighted by Crippen LogP contribution is -1.92. The van der Waals surface area contributed by atoms with Gasteiger partial charge in [0.25, 0.3) is 0 Å². The fraction of sp³-hybridized carbons (Fsp3) is 0.333. The summed E-state index contributed by atoms with van der Waals surface area (Å²) in [7, 11) is 1.69. The zero-order valence-corrected chi connectivity index (χ0v) is 8.13. The fourth-order valence-corrected chi connectivity index (χ4v) is 1.27. The highest BCUT2D eigenvalue weighted by molar-refractivity contribution is 5.37. The number of rotatable bonds is 3. The van der Waals surface area contributed by atoms with E-state index in [2.05, 4.69) is 18.1 Å². The minimum Gasteiger partial charge on any atom is -0.496 e. The molecule has 0 aromatic heterocycles. The van der Waals surface area contributed by atoms with E-state index in [4.69, 9.17) is 11.2 Å². The van der Waals surface area contributed by atoms with Gasteiger partial charge < -0.3 is 4.74 Å². The van der Waals surface area contributed by atoms with Crippen LogP contribution in [-0.4, -0.2) is 7.11 Å². The summed E-state index contributed by atoms with van der Waals surface area (Å²) in [5.74, 6) is 3.57. The molecule has 1 aromatic rings. The van der Waals surface area contributed by atoms with Gasteiger partial charge in [-0.1, -0.05) is 12.1 Å². The zero-order chi connectivity index (χ0) is 9.68. The number of ether oxygens (including phenoxy) is 1. The predicted octanol–water partition coefficient (Wildman–Crippen LogP) is 2.57.